The molecule has 1 fully saturated rings. The Hall–Kier alpha value is -1.40. The van der Waals surface area contributed by atoms with Crippen LogP contribution in [0.25, 0.3) is 0 Å². The van der Waals surface area contributed by atoms with Crippen LogP contribution in [-0.2, 0) is 27.7 Å². The van der Waals surface area contributed by atoms with Gasteiger partial charge in [0.2, 0.25) is 15.9 Å². The average Bonchev–Trinajstić information content (AvgIpc) is 2.66. The van der Waals surface area contributed by atoms with Crippen LogP contribution < -0.4 is 0 Å². The molecule has 1 aromatic rings. The van der Waals surface area contributed by atoms with Gasteiger partial charge in [-0.05, 0) is 67.7 Å². The summed E-state index contributed by atoms with van der Waals surface area (Å²) >= 11 is 0. The first-order chi connectivity index (χ1) is 12.8. The third-order valence-corrected chi connectivity index (χ3v) is 7.67. The van der Waals surface area contributed by atoms with Crippen LogP contribution in [0, 0.1) is 11.8 Å². The first-order valence-electron chi connectivity index (χ1n) is 10.2. The minimum atomic E-state index is -3.48. The molecule has 0 radical (unpaired) electrons. The molecule has 0 spiro atoms. The molecule has 0 N–H and O–H groups in total. The number of carbonyl (C=O) groups excluding carboxylic acids is 1. The van der Waals surface area contributed by atoms with Gasteiger partial charge in [-0.25, -0.2) is 8.42 Å². The molecule has 27 heavy (non-hydrogen) atoms. The Morgan fingerprint density at radius 3 is 2.41 bits per heavy atom. The van der Waals surface area contributed by atoms with Gasteiger partial charge in [0.05, 0.1) is 4.90 Å². The van der Waals surface area contributed by atoms with Crippen molar-refractivity contribution in [2.75, 3.05) is 26.7 Å². The standard InChI is InChI=1S/C21H32N2O3S/c1-16(2)15-22(3)21(24)18-10-12-23(13-11-18)27(25,26)20-9-8-17-6-4-5-7-19(17)14-20/h8-9,14,16,18H,4-7,10-13,15H2,1-3H3. The first-order valence-corrected chi connectivity index (χ1v) is 11.6. The second-order valence-corrected chi connectivity index (χ2v) is 10.4. The van der Waals surface area contributed by atoms with Crippen molar-refractivity contribution in [1.82, 2.24) is 9.21 Å². The van der Waals surface area contributed by atoms with Crippen molar-refractivity contribution in [3.63, 3.8) is 0 Å². The van der Waals surface area contributed by atoms with Crippen molar-refractivity contribution in [3.8, 4) is 0 Å². The van der Waals surface area contributed by atoms with Crippen molar-refractivity contribution < 1.29 is 13.2 Å². The number of aryl methyl sites for hydroxylation is 2. The van der Waals surface area contributed by atoms with Crippen LogP contribution in [0.2, 0.25) is 0 Å². The molecule has 0 bridgehead atoms. The molecular formula is C21H32N2O3S. The van der Waals surface area contributed by atoms with Gasteiger partial charge >= 0.3 is 0 Å². The van der Waals surface area contributed by atoms with Gasteiger partial charge in [0.1, 0.15) is 0 Å². The van der Waals surface area contributed by atoms with E-state index in [1.165, 1.54) is 17.5 Å². The zero-order valence-electron chi connectivity index (χ0n) is 16.8. The van der Waals surface area contributed by atoms with E-state index in [9.17, 15) is 13.2 Å². The molecule has 3 rings (SSSR count). The van der Waals surface area contributed by atoms with Crippen LogP contribution in [0.15, 0.2) is 23.1 Å². The summed E-state index contributed by atoms with van der Waals surface area (Å²) < 4.78 is 27.7. The van der Waals surface area contributed by atoms with Crippen molar-refractivity contribution in [2.45, 2.75) is 57.3 Å². The lowest BCUT2D eigenvalue weighted by Gasteiger charge is -2.33. The topological polar surface area (TPSA) is 57.7 Å². The lowest BCUT2D eigenvalue weighted by atomic mass is 9.92. The van der Waals surface area contributed by atoms with Crippen molar-refractivity contribution in [1.29, 1.82) is 0 Å². The molecule has 5 nitrogen and oxygen atoms in total. The van der Waals surface area contributed by atoms with Gasteiger partial charge in [-0.3, -0.25) is 4.79 Å². The average molecular weight is 393 g/mol. The molecule has 0 aromatic heterocycles. The highest BCUT2D eigenvalue weighted by Crippen LogP contribution is 2.28. The molecule has 1 aliphatic carbocycles. The summed E-state index contributed by atoms with van der Waals surface area (Å²) in [5.41, 5.74) is 2.47. The summed E-state index contributed by atoms with van der Waals surface area (Å²) in [4.78, 5) is 14.8. The van der Waals surface area contributed by atoms with Gasteiger partial charge in [0.15, 0.2) is 0 Å². The van der Waals surface area contributed by atoms with Crippen LogP contribution in [0.1, 0.15) is 50.7 Å². The van der Waals surface area contributed by atoms with Crippen molar-refractivity contribution in [2.24, 2.45) is 11.8 Å². The number of hydrogen-bond acceptors (Lipinski definition) is 3. The van der Waals surface area contributed by atoms with Gasteiger partial charge in [-0.15, -0.1) is 0 Å². The normalized spacial score (nSPS) is 19.1. The Bertz CT molecular complexity index is 781. The molecule has 0 unspecified atom stereocenters. The van der Waals surface area contributed by atoms with E-state index < -0.39 is 10.0 Å². The van der Waals surface area contributed by atoms with E-state index in [2.05, 4.69) is 13.8 Å². The van der Waals surface area contributed by atoms with Crippen LogP contribution >= 0.6 is 0 Å². The van der Waals surface area contributed by atoms with Gasteiger partial charge in [0.25, 0.3) is 0 Å². The third kappa shape index (κ3) is 4.54. The minimum Gasteiger partial charge on any atom is -0.345 e. The number of sulfonamides is 1. The van der Waals surface area contributed by atoms with E-state index in [1.54, 1.807) is 15.3 Å². The monoisotopic (exact) mass is 392 g/mol. The Morgan fingerprint density at radius 2 is 1.78 bits per heavy atom. The predicted octanol–water partition coefficient (Wildman–Crippen LogP) is 3.08. The largest absolute Gasteiger partial charge is 0.345 e. The second kappa shape index (κ2) is 8.31. The van der Waals surface area contributed by atoms with Gasteiger partial charge < -0.3 is 4.90 Å². The summed E-state index contributed by atoms with van der Waals surface area (Å²) in [6.07, 6.45) is 5.54. The molecule has 2 aliphatic rings. The Labute approximate surface area is 163 Å². The summed E-state index contributed by atoms with van der Waals surface area (Å²) in [5, 5.41) is 0. The summed E-state index contributed by atoms with van der Waals surface area (Å²) in [6, 6.07) is 5.61. The van der Waals surface area contributed by atoms with Gasteiger partial charge in [-0.1, -0.05) is 19.9 Å². The van der Waals surface area contributed by atoms with E-state index in [0.717, 1.165) is 25.8 Å². The van der Waals surface area contributed by atoms with E-state index in [4.69, 9.17) is 0 Å². The predicted molar refractivity (Wildman–Crippen MR) is 107 cm³/mol. The van der Waals surface area contributed by atoms with Crippen molar-refractivity contribution in [3.05, 3.63) is 29.3 Å². The number of amides is 1. The van der Waals surface area contributed by atoms with Gasteiger partial charge in [-0.2, -0.15) is 4.31 Å². The summed E-state index contributed by atoms with van der Waals surface area (Å²) in [5.74, 6) is 0.515. The molecule has 0 atom stereocenters. The highest BCUT2D eigenvalue weighted by atomic mass is 32.2. The van der Waals surface area contributed by atoms with E-state index in [0.29, 0.717) is 36.7 Å². The maximum absolute atomic E-state index is 13.1. The van der Waals surface area contributed by atoms with Gasteiger partial charge in [0, 0.05) is 32.6 Å². The SMILES string of the molecule is CC(C)CN(C)C(=O)C1CCN(S(=O)(=O)c2ccc3c(c2)CCCC3)CC1. The maximum atomic E-state index is 13.1. The lowest BCUT2D eigenvalue weighted by molar-refractivity contribution is -0.135. The zero-order chi connectivity index (χ0) is 19.6. The van der Waals surface area contributed by atoms with E-state index in [-0.39, 0.29) is 11.8 Å². The second-order valence-electron chi connectivity index (χ2n) is 8.43. The molecule has 1 saturated heterocycles. The Kier molecular flexibility index (Phi) is 6.26. The highest BCUT2D eigenvalue weighted by molar-refractivity contribution is 7.89. The summed E-state index contributed by atoms with van der Waals surface area (Å²) in [7, 11) is -1.63. The van der Waals surface area contributed by atoms with E-state index in [1.807, 2.05) is 19.2 Å². The zero-order valence-corrected chi connectivity index (χ0v) is 17.6. The van der Waals surface area contributed by atoms with Crippen LogP contribution in [0.5, 0.6) is 0 Å². The van der Waals surface area contributed by atoms with Crippen LogP contribution in [0.3, 0.4) is 0 Å². The molecule has 6 heteroatoms. The number of nitrogens with zero attached hydrogens (tertiary/aromatic N) is 2. The number of rotatable bonds is 5. The molecule has 150 valence electrons. The fraction of sp³-hybridized carbons (Fsp3) is 0.667. The first kappa shape index (κ1) is 20.3. The van der Waals surface area contributed by atoms with Crippen LogP contribution in [-0.4, -0.2) is 50.2 Å². The minimum absolute atomic E-state index is 0.0660. The van der Waals surface area contributed by atoms with Crippen LogP contribution in [0.4, 0.5) is 0 Å². The highest BCUT2D eigenvalue weighted by Gasteiger charge is 2.33. The number of carbonyl (C=O) groups is 1. The quantitative estimate of drug-likeness (QED) is 0.774. The molecule has 1 aliphatic heterocycles. The number of hydrogen-bond donors (Lipinski definition) is 0. The molecule has 1 heterocycles. The smallest absolute Gasteiger partial charge is 0.243 e. The Balaban J connectivity index is 1.65. The Morgan fingerprint density at radius 1 is 1.15 bits per heavy atom. The fourth-order valence-electron chi connectivity index (χ4n) is 4.31. The molecular weight excluding hydrogens is 360 g/mol. The lowest BCUT2D eigenvalue weighted by Crippen LogP contribution is -2.44. The molecule has 1 aromatic carbocycles. The number of piperidine rings is 1. The van der Waals surface area contributed by atoms with E-state index >= 15 is 0 Å². The molecule has 1 amide bonds. The summed E-state index contributed by atoms with van der Waals surface area (Å²) in [6.45, 7) is 5.78. The van der Waals surface area contributed by atoms with Crippen molar-refractivity contribution >= 4 is 15.9 Å². The number of fused-ring (bicyclic) bond motifs is 1. The third-order valence-electron chi connectivity index (χ3n) is 5.78. The molecule has 0 saturated carbocycles. The fourth-order valence-corrected chi connectivity index (χ4v) is 5.83. The number of benzene rings is 1. The maximum Gasteiger partial charge on any atom is 0.243 e.